The highest BCUT2D eigenvalue weighted by molar-refractivity contribution is 5.83. The van der Waals surface area contributed by atoms with E-state index in [1.807, 2.05) is 0 Å². The fraction of sp³-hybridized carbons (Fsp3) is 0. The van der Waals surface area contributed by atoms with Gasteiger partial charge in [-0.1, -0.05) is 0 Å². The molecule has 12 heavy (non-hydrogen) atoms. The van der Waals surface area contributed by atoms with Crippen LogP contribution in [-0.2, 0) is 0 Å². The van der Waals surface area contributed by atoms with Crippen LogP contribution in [0.3, 0.4) is 0 Å². The van der Waals surface area contributed by atoms with Crippen molar-refractivity contribution < 1.29 is 9.90 Å². The maximum atomic E-state index is 10.4. The Bertz CT molecular complexity index is 403. The Morgan fingerprint density at radius 1 is 1.58 bits per heavy atom. The molecule has 60 valence electrons. The average Bonchev–Trinajstić information content (AvgIpc) is 2.46. The third kappa shape index (κ3) is 0.895. The van der Waals surface area contributed by atoms with Crippen molar-refractivity contribution in [2.75, 3.05) is 0 Å². The molecule has 6 heteroatoms. The maximum absolute atomic E-state index is 10.4. The van der Waals surface area contributed by atoms with Crippen LogP contribution in [0.4, 0.5) is 0 Å². The highest BCUT2D eigenvalue weighted by Crippen LogP contribution is 1.96. The van der Waals surface area contributed by atoms with E-state index >= 15 is 0 Å². The van der Waals surface area contributed by atoms with Gasteiger partial charge < -0.3 is 5.11 Å². The number of hydrogen-bond acceptors (Lipinski definition) is 4. The summed E-state index contributed by atoms with van der Waals surface area (Å²) in [6.45, 7) is 0. The van der Waals surface area contributed by atoms with Crippen LogP contribution in [0.1, 0.15) is 10.6 Å². The molecular weight excluding hydrogens is 160 g/mol. The van der Waals surface area contributed by atoms with Gasteiger partial charge in [0.2, 0.25) is 0 Å². The Morgan fingerprint density at radius 2 is 2.42 bits per heavy atom. The smallest absolute Gasteiger partial charge is 0.375 e. The van der Waals surface area contributed by atoms with Crippen molar-refractivity contribution in [2.24, 2.45) is 0 Å². The number of carboxylic acid groups (broad SMARTS) is 1. The van der Waals surface area contributed by atoms with Crippen molar-refractivity contribution in [1.29, 1.82) is 0 Å². The lowest BCUT2D eigenvalue weighted by Gasteiger charge is -1.83. The lowest BCUT2D eigenvalue weighted by atomic mass is 10.6. The molecule has 0 saturated heterocycles. The Balaban J connectivity index is 2.70. The van der Waals surface area contributed by atoms with Gasteiger partial charge in [0.1, 0.15) is 0 Å². The standard InChI is InChI=1S/C6H4N4O2/c11-6(12)5-8-4-2-1-3-7-10(4)9-5/h1-3H,(H,11,12). The fourth-order valence-electron chi connectivity index (χ4n) is 0.827. The summed E-state index contributed by atoms with van der Waals surface area (Å²) in [5, 5.41) is 15.9. The van der Waals surface area contributed by atoms with Crippen LogP contribution in [0.15, 0.2) is 18.3 Å². The first-order valence-electron chi connectivity index (χ1n) is 3.19. The lowest BCUT2D eigenvalue weighted by Crippen LogP contribution is -1.99. The van der Waals surface area contributed by atoms with Gasteiger partial charge in [0.05, 0.1) is 0 Å². The van der Waals surface area contributed by atoms with Gasteiger partial charge in [-0.3, -0.25) is 0 Å². The van der Waals surface area contributed by atoms with Crippen molar-refractivity contribution >= 4 is 11.6 Å². The molecule has 2 rings (SSSR count). The molecule has 0 spiro atoms. The molecule has 0 saturated carbocycles. The van der Waals surface area contributed by atoms with Crippen molar-refractivity contribution in [3.8, 4) is 0 Å². The van der Waals surface area contributed by atoms with Gasteiger partial charge in [-0.05, 0) is 12.1 Å². The van der Waals surface area contributed by atoms with Gasteiger partial charge in [0.25, 0.3) is 5.82 Å². The minimum Gasteiger partial charge on any atom is -0.475 e. The van der Waals surface area contributed by atoms with Crippen LogP contribution in [0.5, 0.6) is 0 Å². The third-order valence-electron chi connectivity index (χ3n) is 1.31. The molecule has 0 radical (unpaired) electrons. The number of nitrogens with zero attached hydrogens (tertiary/aromatic N) is 4. The van der Waals surface area contributed by atoms with E-state index in [2.05, 4.69) is 15.2 Å². The summed E-state index contributed by atoms with van der Waals surface area (Å²) in [5.41, 5.74) is 0.426. The van der Waals surface area contributed by atoms with E-state index in [0.717, 1.165) is 0 Å². The molecular formula is C6H4N4O2. The molecule has 2 heterocycles. The second kappa shape index (κ2) is 2.26. The number of fused-ring (bicyclic) bond motifs is 1. The zero-order chi connectivity index (χ0) is 8.55. The van der Waals surface area contributed by atoms with Crippen molar-refractivity contribution in [3.63, 3.8) is 0 Å². The number of carboxylic acids is 1. The molecule has 2 aromatic rings. The highest BCUT2D eigenvalue weighted by atomic mass is 16.4. The van der Waals surface area contributed by atoms with E-state index in [4.69, 9.17) is 5.11 Å². The Labute approximate surface area is 66.5 Å². The second-order valence-electron chi connectivity index (χ2n) is 2.11. The summed E-state index contributed by atoms with van der Waals surface area (Å²) >= 11 is 0. The molecule has 0 atom stereocenters. The van der Waals surface area contributed by atoms with Crippen LogP contribution in [-0.4, -0.2) is 30.9 Å². The molecule has 0 aromatic carbocycles. The van der Waals surface area contributed by atoms with E-state index in [1.54, 1.807) is 12.1 Å². The largest absolute Gasteiger partial charge is 0.475 e. The molecule has 2 aromatic heterocycles. The molecule has 0 unspecified atom stereocenters. The SMILES string of the molecule is O=C(O)c1nc2cccnn2n1. The molecule has 0 aliphatic carbocycles. The first-order chi connectivity index (χ1) is 5.77. The van der Waals surface area contributed by atoms with Gasteiger partial charge >= 0.3 is 5.97 Å². The summed E-state index contributed by atoms with van der Waals surface area (Å²) in [6.07, 6.45) is 1.51. The summed E-state index contributed by atoms with van der Waals surface area (Å²) in [7, 11) is 0. The first kappa shape index (κ1) is 6.71. The van der Waals surface area contributed by atoms with Gasteiger partial charge in [0.15, 0.2) is 5.65 Å². The molecule has 0 amide bonds. The number of aromatic carboxylic acids is 1. The molecule has 0 aliphatic rings. The average molecular weight is 164 g/mol. The van der Waals surface area contributed by atoms with Crippen LogP contribution in [0, 0.1) is 0 Å². The molecule has 0 bridgehead atoms. The number of hydrogen-bond donors (Lipinski definition) is 1. The molecule has 6 nitrogen and oxygen atoms in total. The number of aromatic nitrogens is 4. The third-order valence-corrected chi connectivity index (χ3v) is 1.31. The van der Waals surface area contributed by atoms with E-state index in [0.29, 0.717) is 5.65 Å². The molecule has 0 aliphatic heterocycles. The van der Waals surface area contributed by atoms with Crippen molar-refractivity contribution in [1.82, 2.24) is 19.8 Å². The molecule has 0 fully saturated rings. The summed E-state index contributed by atoms with van der Waals surface area (Å²) in [4.78, 5) is 14.1. The summed E-state index contributed by atoms with van der Waals surface area (Å²) < 4.78 is 1.17. The summed E-state index contributed by atoms with van der Waals surface area (Å²) in [5.74, 6) is -1.39. The van der Waals surface area contributed by atoms with Crippen molar-refractivity contribution in [3.05, 3.63) is 24.2 Å². The summed E-state index contributed by atoms with van der Waals surface area (Å²) in [6, 6.07) is 3.29. The first-order valence-corrected chi connectivity index (χ1v) is 3.19. The van der Waals surface area contributed by atoms with Gasteiger partial charge in [-0.15, -0.1) is 9.73 Å². The van der Waals surface area contributed by atoms with Gasteiger partial charge in [-0.2, -0.15) is 10.1 Å². The minimum absolute atomic E-state index is 0.242. The lowest BCUT2D eigenvalue weighted by molar-refractivity contribution is 0.0683. The number of carbonyl (C=O) groups is 1. The van der Waals surface area contributed by atoms with E-state index in [9.17, 15) is 4.79 Å². The predicted molar refractivity (Wildman–Crippen MR) is 37.7 cm³/mol. The van der Waals surface area contributed by atoms with E-state index in [1.165, 1.54) is 10.8 Å². The van der Waals surface area contributed by atoms with Crippen LogP contribution in [0.25, 0.3) is 5.65 Å². The Morgan fingerprint density at radius 3 is 3.08 bits per heavy atom. The Hall–Kier alpha value is -1.98. The maximum Gasteiger partial charge on any atom is 0.375 e. The molecule has 1 N–H and O–H groups in total. The monoisotopic (exact) mass is 164 g/mol. The van der Waals surface area contributed by atoms with Crippen molar-refractivity contribution in [2.45, 2.75) is 0 Å². The van der Waals surface area contributed by atoms with Crippen LogP contribution in [0.2, 0.25) is 0 Å². The zero-order valence-electron chi connectivity index (χ0n) is 5.88. The van der Waals surface area contributed by atoms with Gasteiger partial charge in [0, 0.05) is 6.20 Å². The predicted octanol–water partition coefficient (Wildman–Crippen LogP) is -0.178. The quantitative estimate of drug-likeness (QED) is 0.632. The van der Waals surface area contributed by atoms with Crippen LogP contribution < -0.4 is 0 Å². The van der Waals surface area contributed by atoms with Gasteiger partial charge in [-0.25, -0.2) is 4.79 Å². The zero-order valence-corrected chi connectivity index (χ0v) is 5.88. The number of rotatable bonds is 1. The van der Waals surface area contributed by atoms with Crippen LogP contribution >= 0.6 is 0 Å². The Kier molecular flexibility index (Phi) is 1.26. The topological polar surface area (TPSA) is 80.4 Å². The second-order valence-corrected chi connectivity index (χ2v) is 2.11. The fourth-order valence-corrected chi connectivity index (χ4v) is 0.827. The minimum atomic E-state index is -1.15. The normalized spacial score (nSPS) is 10.3. The highest BCUT2D eigenvalue weighted by Gasteiger charge is 2.09. The van der Waals surface area contributed by atoms with E-state index < -0.39 is 5.97 Å². The van der Waals surface area contributed by atoms with E-state index in [-0.39, 0.29) is 5.82 Å².